The molecule has 0 saturated carbocycles. The minimum Gasteiger partial charge on any atom is -0.342 e. The first-order valence-electron chi connectivity index (χ1n) is 10.1. The third kappa shape index (κ3) is 4.18. The number of hydrogen-bond acceptors (Lipinski definition) is 3. The van der Waals surface area contributed by atoms with E-state index in [4.69, 9.17) is 0 Å². The van der Waals surface area contributed by atoms with Crippen LogP contribution in [0, 0.1) is 6.92 Å². The Bertz CT molecular complexity index is 1340. The van der Waals surface area contributed by atoms with Gasteiger partial charge in [-0.15, -0.1) is 0 Å². The van der Waals surface area contributed by atoms with E-state index in [1.54, 1.807) is 0 Å². The Morgan fingerprint density at radius 1 is 1.00 bits per heavy atom. The van der Waals surface area contributed by atoms with E-state index in [2.05, 4.69) is 57.5 Å². The number of thioether (sulfide) groups is 1. The molecule has 0 spiro atoms. The van der Waals surface area contributed by atoms with Crippen molar-refractivity contribution in [2.45, 2.75) is 13.5 Å². The standard InChI is InChI=1S/C26H21N3OS/c1-18-8-7-11-21(14-18)27-26-28-25(30)24(31-26)15-20-17-29(16-19-9-3-2-4-10-19)23-13-6-5-12-22(20)23/h2-15,17H,16H2,1H3,(H,27,28,30)/b24-15-. The Morgan fingerprint density at radius 3 is 2.65 bits per heavy atom. The maximum Gasteiger partial charge on any atom is 0.264 e. The normalized spacial score (nSPS) is 16.4. The summed E-state index contributed by atoms with van der Waals surface area (Å²) < 4.78 is 2.23. The number of aliphatic imine (C=N–C) groups is 1. The van der Waals surface area contributed by atoms with Crippen molar-refractivity contribution < 1.29 is 4.79 Å². The Kier molecular flexibility index (Phi) is 5.18. The van der Waals surface area contributed by atoms with Crippen molar-refractivity contribution in [2.24, 2.45) is 4.99 Å². The summed E-state index contributed by atoms with van der Waals surface area (Å²) in [7, 11) is 0. The topological polar surface area (TPSA) is 46.4 Å². The van der Waals surface area contributed by atoms with Crippen molar-refractivity contribution in [3.8, 4) is 0 Å². The zero-order valence-electron chi connectivity index (χ0n) is 17.1. The molecule has 0 atom stereocenters. The number of nitrogens with zero attached hydrogens (tertiary/aromatic N) is 2. The first-order chi connectivity index (χ1) is 15.2. The van der Waals surface area contributed by atoms with Crippen LogP contribution in [0.3, 0.4) is 0 Å². The lowest BCUT2D eigenvalue weighted by atomic mass is 10.1. The summed E-state index contributed by atoms with van der Waals surface area (Å²) in [5.74, 6) is -0.115. The number of aromatic nitrogens is 1. The predicted octanol–water partition coefficient (Wildman–Crippen LogP) is 5.89. The van der Waals surface area contributed by atoms with Gasteiger partial charge in [-0.25, -0.2) is 4.99 Å². The van der Waals surface area contributed by atoms with E-state index >= 15 is 0 Å². The number of para-hydroxylation sites is 1. The Labute approximate surface area is 185 Å². The smallest absolute Gasteiger partial charge is 0.264 e. The number of carbonyl (C=O) groups excluding carboxylic acids is 1. The van der Waals surface area contributed by atoms with Crippen LogP contribution in [0.25, 0.3) is 17.0 Å². The fourth-order valence-corrected chi connectivity index (χ4v) is 4.57. The average molecular weight is 424 g/mol. The molecule has 2 heterocycles. The molecule has 1 fully saturated rings. The molecular formula is C26H21N3OS. The van der Waals surface area contributed by atoms with Gasteiger partial charge in [0.05, 0.1) is 10.6 Å². The predicted molar refractivity (Wildman–Crippen MR) is 129 cm³/mol. The highest BCUT2D eigenvalue weighted by Crippen LogP contribution is 2.31. The summed E-state index contributed by atoms with van der Waals surface area (Å²) in [4.78, 5) is 17.8. The Balaban J connectivity index is 1.48. The molecule has 4 nitrogen and oxygen atoms in total. The number of rotatable bonds is 4. The molecule has 3 aromatic carbocycles. The molecule has 1 saturated heterocycles. The van der Waals surface area contributed by atoms with Crippen molar-refractivity contribution in [1.29, 1.82) is 0 Å². The van der Waals surface area contributed by atoms with Crippen LogP contribution in [-0.4, -0.2) is 15.6 Å². The molecule has 31 heavy (non-hydrogen) atoms. The van der Waals surface area contributed by atoms with Crippen molar-refractivity contribution in [2.75, 3.05) is 0 Å². The number of nitrogens with one attached hydrogen (secondary N) is 1. The second-order valence-corrected chi connectivity index (χ2v) is 8.57. The molecule has 4 aromatic rings. The number of aryl methyl sites for hydroxylation is 1. The van der Waals surface area contributed by atoms with Gasteiger partial charge < -0.3 is 9.88 Å². The van der Waals surface area contributed by atoms with Crippen LogP contribution in [0.15, 0.2) is 95.0 Å². The van der Waals surface area contributed by atoms with E-state index in [0.717, 1.165) is 34.3 Å². The molecule has 5 rings (SSSR count). The van der Waals surface area contributed by atoms with Crippen molar-refractivity contribution in [1.82, 2.24) is 9.88 Å². The fraction of sp³-hybridized carbons (Fsp3) is 0.0769. The number of fused-ring (bicyclic) bond motifs is 1. The first-order valence-corrected chi connectivity index (χ1v) is 11.0. The molecule has 1 N–H and O–H groups in total. The van der Waals surface area contributed by atoms with E-state index in [1.807, 2.05) is 55.5 Å². The molecule has 1 aliphatic heterocycles. The van der Waals surface area contributed by atoms with Gasteiger partial charge in [0.15, 0.2) is 5.17 Å². The Hall–Kier alpha value is -3.57. The van der Waals surface area contributed by atoms with Crippen LogP contribution in [0.4, 0.5) is 5.69 Å². The highest BCUT2D eigenvalue weighted by molar-refractivity contribution is 8.18. The summed E-state index contributed by atoms with van der Waals surface area (Å²) >= 11 is 1.38. The fourth-order valence-electron chi connectivity index (χ4n) is 3.74. The molecule has 0 unspecified atom stereocenters. The maximum absolute atomic E-state index is 12.6. The van der Waals surface area contributed by atoms with Gasteiger partial charge in [-0.1, -0.05) is 60.7 Å². The number of amidine groups is 1. The molecule has 0 aliphatic carbocycles. The van der Waals surface area contributed by atoms with E-state index in [9.17, 15) is 4.79 Å². The van der Waals surface area contributed by atoms with Gasteiger partial charge in [0.25, 0.3) is 5.91 Å². The second kappa shape index (κ2) is 8.28. The van der Waals surface area contributed by atoms with Gasteiger partial charge in [0.1, 0.15) is 0 Å². The molecule has 0 radical (unpaired) electrons. The highest BCUT2D eigenvalue weighted by atomic mass is 32.2. The molecule has 1 aromatic heterocycles. The maximum atomic E-state index is 12.6. The van der Waals surface area contributed by atoms with Crippen LogP contribution < -0.4 is 5.32 Å². The van der Waals surface area contributed by atoms with Crippen LogP contribution in [0.5, 0.6) is 0 Å². The molecule has 152 valence electrons. The van der Waals surface area contributed by atoms with Crippen molar-refractivity contribution in [3.05, 3.63) is 107 Å². The average Bonchev–Trinajstić information content (AvgIpc) is 3.29. The van der Waals surface area contributed by atoms with Crippen molar-refractivity contribution in [3.63, 3.8) is 0 Å². The number of amides is 1. The van der Waals surface area contributed by atoms with Crippen LogP contribution in [0.1, 0.15) is 16.7 Å². The molecular weight excluding hydrogens is 402 g/mol. The van der Waals surface area contributed by atoms with E-state index < -0.39 is 0 Å². The van der Waals surface area contributed by atoms with E-state index in [-0.39, 0.29) is 5.91 Å². The lowest BCUT2D eigenvalue weighted by Crippen LogP contribution is -2.19. The first kappa shape index (κ1) is 19.4. The van der Waals surface area contributed by atoms with Gasteiger partial charge in [-0.05, 0) is 54.1 Å². The SMILES string of the molecule is Cc1cccc(N=C2NC(=O)/C(=C/c3cn(Cc4ccccc4)c4ccccc34)S2)c1. The number of hydrogen-bond donors (Lipinski definition) is 1. The third-order valence-electron chi connectivity index (χ3n) is 5.18. The molecule has 1 aliphatic rings. The lowest BCUT2D eigenvalue weighted by Gasteiger charge is -2.05. The van der Waals surface area contributed by atoms with Gasteiger partial charge in [-0.3, -0.25) is 4.79 Å². The molecule has 5 heteroatoms. The zero-order valence-corrected chi connectivity index (χ0v) is 17.9. The number of benzene rings is 3. The third-order valence-corrected chi connectivity index (χ3v) is 6.09. The second-order valence-electron chi connectivity index (χ2n) is 7.54. The van der Waals surface area contributed by atoms with E-state index in [0.29, 0.717) is 10.1 Å². The van der Waals surface area contributed by atoms with Gasteiger partial charge in [0.2, 0.25) is 0 Å². The van der Waals surface area contributed by atoms with Gasteiger partial charge in [0, 0.05) is 29.2 Å². The van der Waals surface area contributed by atoms with Crippen LogP contribution in [-0.2, 0) is 11.3 Å². The number of carbonyl (C=O) groups is 1. The quantitative estimate of drug-likeness (QED) is 0.416. The van der Waals surface area contributed by atoms with E-state index in [1.165, 1.54) is 17.3 Å². The summed E-state index contributed by atoms with van der Waals surface area (Å²) in [6.07, 6.45) is 4.08. The molecule has 0 bridgehead atoms. The van der Waals surface area contributed by atoms with Gasteiger partial charge >= 0.3 is 0 Å². The minimum atomic E-state index is -0.115. The largest absolute Gasteiger partial charge is 0.342 e. The van der Waals surface area contributed by atoms with Crippen LogP contribution in [0.2, 0.25) is 0 Å². The summed E-state index contributed by atoms with van der Waals surface area (Å²) in [5.41, 5.74) is 5.39. The lowest BCUT2D eigenvalue weighted by molar-refractivity contribution is -0.115. The summed E-state index contributed by atoms with van der Waals surface area (Å²) in [6.45, 7) is 2.81. The molecule has 1 amide bonds. The van der Waals surface area contributed by atoms with Crippen LogP contribution >= 0.6 is 11.8 Å². The van der Waals surface area contributed by atoms with Crippen molar-refractivity contribution >= 4 is 45.5 Å². The monoisotopic (exact) mass is 423 g/mol. The summed E-state index contributed by atoms with van der Waals surface area (Å²) in [6, 6.07) is 26.6. The zero-order chi connectivity index (χ0) is 21.2. The minimum absolute atomic E-state index is 0.115. The Morgan fingerprint density at radius 2 is 1.81 bits per heavy atom. The van der Waals surface area contributed by atoms with Gasteiger partial charge in [-0.2, -0.15) is 0 Å². The summed E-state index contributed by atoms with van der Waals surface area (Å²) in [5, 5.41) is 4.62. The highest BCUT2D eigenvalue weighted by Gasteiger charge is 2.24.